The Morgan fingerprint density at radius 1 is 1.07 bits per heavy atom. The molecule has 5 rings (SSSR count). The molecular weight excluding hydrogens is 504 g/mol. The molecule has 206 valence electrons. The predicted molar refractivity (Wildman–Crippen MR) is 157 cm³/mol. The van der Waals surface area contributed by atoms with Gasteiger partial charge in [-0.25, -0.2) is 9.97 Å². The van der Waals surface area contributed by atoms with E-state index in [1.807, 2.05) is 47.1 Å². The van der Waals surface area contributed by atoms with E-state index < -0.39 is 5.97 Å². The van der Waals surface area contributed by atoms with Gasteiger partial charge in [0.25, 0.3) is 5.56 Å². The van der Waals surface area contributed by atoms with Crippen molar-refractivity contribution in [2.24, 2.45) is 0 Å². The number of fused-ring (bicyclic) bond motifs is 2. The summed E-state index contributed by atoms with van der Waals surface area (Å²) in [4.78, 5) is 35.0. The highest BCUT2D eigenvalue weighted by Gasteiger charge is 2.21. The highest BCUT2D eigenvalue weighted by molar-refractivity contribution is 5.82. The molecule has 0 unspecified atom stereocenters. The number of ether oxygens (including phenoxy) is 1. The van der Waals surface area contributed by atoms with Crippen LogP contribution in [0.5, 0.6) is 0 Å². The molecule has 9 heteroatoms. The third-order valence-electron chi connectivity index (χ3n) is 6.60. The van der Waals surface area contributed by atoms with E-state index in [1.54, 1.807) is 18.5 Å². The summed E-state index contributed by atoms with van der Waals surface area (Å²) in [5.41, 5.74) is 3.72. The van der Waals surface area contributed by atoms with Crippen LogP contribution in [0.3, 0.4) is 0 Å². The van der Waals surface area contributed by atoms with Crippen molar-refractivity contribution < 1.29 is 9.53 Å². The first kappa shape index (κ1) is 27.1. The van der Waals surface area contributed by atoms with Crippen LogP contribution >= 0.6 is 0 Å². The molecule has 0 amide bonds. The number of aromatic nitrogens is 5. The lowest BCUT2D eigenvalue weighted by molar-refractivity contribution is -0.142. The van der Waals surface area contributed by atoms with Gasteiger partial charge in [-0.2, -0.15) is 9.78 Å². The van der Waals surface area contributed by atoms with Crippen LogP contribution in [0.2, 0.25) is 0 Å². The van der Waals surface area contributed by atoms with Gasteiger partial charge in [0.2, 0.25) is 0 Å². The number of benzene rings is 2. The van der Waals surface area contributed by atoms with Gasteiger partial charge in [-0.05, 0) is 49.9 Å². The highest BCUT2D eigenvalue weighted by atomic mass is 16.5. The third-order valence-corrected chi connectivity index (χ3v) is 6.60. The molecule has 3 aromatic heterocycles. The van der Waals surface area contributed by atoms with E-state index in [0.717, 1.165) is 10.9 Å². The second-order valence-corrected chi connectivity index (χ2v) is 12.0. The zero-order valence-corrected chi connectivity index (χ0v) is 23.9. The van der Waals surface area contributed by atoms with Crippen molar-refractivity contribution in [3.8, 4) is 16.9 Å². The van der Waals surface area contributed by atoms with Gasteiger partial charge in [0.05, 0.1) is 23.0 Å². The fraction of sp³-hybridized carbons (Fsp3) is 0.323. The molecule has 0 aliphatic carbocycles. The highest BCUT2D eigenvalue weighted by Crippen LogP contribution is 2.31. The van der Waals surface area contributed by atoms with Crippen LogP contribution in [0.1, 0.15) is 59.6 Å². The molecule has 40 heavy (non-hydrogen) atoms. The summed E-state index contributed by atoms with van der Waals surface area (Å²) in [6.07, 6.45) is 7.15. The number of hydrogen-bond donors (Lipinski definition) is 1. The zero-order valence-electron chi connectivity index (χ0n) is 23.9. The van der Waals surface area contributed by atoms with Crippen LogP contribution in [0, 0.1) is 0 Å². The molecule has 2 aromatic carbocycles. The summed E-state index contributed by atoms with van der Waals surface area (Å²) in [5.74, 6) is 0.192. The Bertz CT molecular complexity index is 1800. The molecule has 9 nitrogen and oxygen atoms in total. The number of rotatable bonds is 5. The zero-order chi connectivity index (χ0) is 28.8. The molecule has 0 spiro atoms. The number of imidazole rings is 1. The van der Waals surface area contributed by atoms with Crippen LogP contribution in [0.25, 0.3) is 33.4 Å². The molecular formula is C31H34N6O3. The van der Waals surface area contributed by atoms with Crippen LogP contribution in [0.15, 0.2) is 66.0 Å². The minimum absolute atomic E-state index is 0.0539. The van der Waals surface area contributed by atoms with Gasteiger partial charge < -0.3 is 14.5 Å². The maximum Gasteiger partial charge on any atom is 0.302 e. The molecule has 3 heterocycles. The van der Waals surface area contributed by atoms with E-state index in [0.29, 0.717) is 39.4 Å². The Morgan fingerprint density at radius 3 is 2.55 bits per heavy atom. The normalized spacial score (nSPS) is 12.2. The minimum atomic E-state index is -0.428. The standard InChI is InChI=1S/C31H34N6O3/c1-19(38)40-18-24-23(25-17-36-14-13-32-28(36)27(34-25)35-31(5,6)7)9-8-10-26(24)37-29(39)22-12-11-21(30(2,3)4)15-20(22)16-33-37/h8-17H,18H2,1-7H3,(H,34,35). The van der Waals surface area contributed by atoms with Gasteiger partial charge in [0, 0.05) is 47.6 Å². The molecule has 0 aliphatic rings. The van der Waals surface area contributed by atoms with Crippen molar-refractivity contribution in [2.75, 3.05) is 5.32 Å². The number of anilines is 1. The second-order valence-electron chi connectivity index (χ2n) is 12.0. The molecule has 0 radical (unpaired) electrons. The number of nitrogens with one attached hydrogen (secondary N) is 1. The summed E-state index contributed by atoms with van der Waals surface area (Å²) >= 11 is 0. The van der Waals surface area contributed by atoms with Crippen molar-refractivity contribution >= 4 is 28.2 Å². The van der Waals surface area contributed by atoms with Crippen LogP contribution in [0.4, 0.5) is 5.82 Å². The first-order chi connectivity index (χ1) is 18.8. The van der Waals surface area contributed by atoms with Crippen molar-refractivity contribution in [3.63, 3.8) is 0 Å². The quantitative estimate of drug-likeness (QED) is 0.288. The summed E-state index contributed by atoms with van der Waals surface area (Å²) < 4.78 is 8.73. The molecule has 0 saturated carbocycles. The topological polar surface area (TPSA) is 103 Å². The lowest BCUT2D eigenvalue weighted by Gasteiger charge is -2.22. The van der Waals surface area contributed by atoms with Crippen LogP contribution in [-0.4, -0.2) is 35.7 Å². The van der Waals surface area contributed by atoms with Crippen LogP contribution < -0.4 is 10.9 Å². The fourth-order valence-corrected chi connectivity index (χ4v) is 4.63. The third kappa shape index (κ3) is 5.32. The average Bonchev–Trinajstić information content (AvgIpc) is 3.35. The minimum Gasteiger partial charge on any atom is -0.461 e. The number of carbonyl (C=O) groups excluding carboxylic acids is 1. The maximum atomic E-state index is 13.7. The molecule has 0 aliphatic heterocycles. The van der Waals surface area contributed by atoms with Crippen LogP contribution in [-0.2, 0) is 21.6 Å². The molecule has 0 atom stereocenters. The van der Waals surface area contributed by atoms with Gasteiger partial charge >= 0.3 is 5.97 Å². The monoisotopic (exact) mass is 538 g/mol. The van der Waals surface area contributed by atoms with E-state index in [2.05, 4.69) is 56.9 Å². The van der Waals surface area contributed by atoms with E-state index in [-0.39, 0.29) is 23.1 Å². The Kier molecular flexibility index (Phi) is 6.69. The first-order valence-electron chi connectivity index (χ1n) is 13.2. The van der Waals surface area contributed by atoms with E-state index in [9.17, 15) is 9.59 Å². The Morgan fingerprint density at radius 2 is 1.85 bits per heavy atom. The van der Waals surface area contributed by atoms with E-state index >= 15 is 0 Å². The molecule has 0 saturated heterocycles. The summed E-state index contributed by atoms with van der Waals surface area (Å²) in [7, 11) is 0. The summed E-state index contributed by atoms with van der Waals surface area (Å²) in [6, 6.07) is 11.4. The number of hydrogen-bond acceptors (Lipinski definition) is 7. The SMILES string of the molecule is CC(=O)OCc1c(-c2cn3ccnc3c(NC(C)(C)C)n2)cccc1-n1ncc2cc(C(C)(C)C)ccc2c1=O. The van der Waals surface area contributed by atoms with E-state index in [1.165, 1.54) is 11.6 Å². The molecule has 0 fully saturated rings. The van der Waals surface area contributed by atoms with Gasteiger partial charge in [-0.15, -0.1) is 0 Å². The van der Waals surface area contributed by atoms with Gasteiger partial charge in [-0.3, -0.25) is 9.59 Å². The van der Waals surface area contributed by atoms with Gasteiger partial charge in [0.1, 0.15) is 6.61 Å². The average molecular weight is 539 g/mol. The Hall–Kier alpha value is -4.53. The second kappa shape index (κ2) is 9.89. The number of carbonyl (C=O) groups is 1. The number of nitrogens with zero attached hydrogens (tertiary/aromatic N) is 5. The van der Waals surface area contributed by atoms with Crippen molar-refractivity contribution in [2.45, 2.75) is 66.0 Å². The Labute approximate surface area is 232 Å². The molecule has 5 aromatic rings. The van der Waals surface area contributed by atoms with Crippen molar-refractivity contribution in [1.82, 2.24) is 24.1 Å². The lowest BCUT2D eigenvalue weighted by Crippen LogP contribution is -2.27. The molecule has 1 N–H and O–H groups in total. The maximum absolute atomic E-state index is 13.7. The fourth-order valence-electron chi connectivity index (χ4n) is 4.63. The van der Waals surface area contributed by atoms with E-state index in [4.69, 9.17) is 9.72 Å². The lowest BCUT2D eigenvalue weighted by atomic mass is 9.86. The predicted octanol–water partition coefficient (Wildman–Crippen LogP) is 5.67. The number of esters is 1. The summed E-state index contributed by atoms with van der Waals surface area (Å²) in [6.45, 7) is 13.9. The summed E-state index contributed by atoms with van der Waals surface area (Å²) in [5, 5.41) is 9.31. The Balaban J connectivity index is 1.71. The smallest absolute Gasteiger partial charge is 0.302 e. The van der Waals surface area contributed by atoms with Gasteiger partial charge in [0.15, 0.2) is 11.5 Å². The first-order valence-corrected chi connectivity index (χ1v) is 13.2. The molecule has 0 bridgehead atoms. The van der Waals surface area contributed by atoms with Crippen molar-refractivity contribution in [1.29, 1.82) is 0 Å². The van der Waals surface area contributed by atoms with Gasteiger partial charge in [-0.1, -0.05) is 39.0 Å². The largest absolute Gasteiger partial charge is 0.461 e. The van der Waals surface area contributed by atoms with Crippen molar-refractivity contribution in [3.05, 3.63) is 82.7 Å².